The van der Waals surface area contributed by atoms with Crippen LogP contribution in [-0.2, 0) is 9.59 Å². The summed E-state index contributed by atoms with van der Waals surface area (Å²) >= 11 is 6.23. The average Bonchev–Trinajstić information content (AvgIpc) is 3.11. The van der Waals surface area contributed by atoms with Gasteiger partial charge in [0.15, 0.2) is 5.75 Å². The van der Waals surface area contributed by atoms with Gasteiger partial charge in [0, 0.05) is 6.54 Å². The summed E-state index contributed by atoms with van der Waals surface area (Å²) < 4.78 is 6.28. The van der Waals surface area contributed by atoms with Gasteiger partial charge in [0.1, 0.15) is 10.9 Å². The van der Waals surface area contributed by atoms with Gasteiger partial charge in [-0.1, -0.05) is 30.1 Å². The normalized spacial score (nSPS) is 19.4. The molecule has 0 unspecified atom stereocenters. The lowest BCUT2D eigenvalue weighted by Crippen LogP contribution is -2.33. The number of carbonyl (C=O) groups excluding carboxylic acids is 1. The van der Waals surface area contributed by atoms with E-state index in [9.17, 15) is 9.59 Å². The van der Waals surface area contributed by atoms with E-state index in [2.05, 4.69) is 31.7 Å². The molecule has 29 heavy (non-hydrogen) atoms. The van der Waals surface area contributed by atoms with E-state index in [4.69, 9.17) is 22.1 Å². The van der Waals surface area contributed by atoms with Crippen molar-refractivity contribution in [2.75, 3.05) is 18.0 Å². The first kappa shape index (κ1) is 21.1. The van der Waals surface area contributed by atoms with E-state index >= 15 is 0 Å². The summed E-state index contributed by atoms with van der Waals surface area (Å²) in [7, 11) is 0. The summed E-state index contributed by atoms with van der Waals surface area (Å²) in [6, 6.07) is 4.16. The number of aryl methyl sites for hydroxylation is 2. The molecule has 0 aromatic heterocycles. The van der Waals surface area contributed by atoms with Crippen LogP contribution in [0, 0.1) is 13.8 Å². The second-order valence-electron chi connectivity index (χ2n) is 6.83. The van der Waals surface area contributed by atoms with Gasteiger partial charge in [-0.3, -0.25) is 14.5 Å². The Morgan fingerprint density at radius 2 is 1.97 bits per heavy atom. The van der Waals surface area contributed by atoms with Gasteiger partial charge in [-0.2, -0.15) is 0 Å². The zero-order valence-electron chi connectivity index (χ0n) is 16.7. The van der Waals surface area contributed by atoms with Crippen LogP contribution in [-0.4, -0.2) is 39.3 Å². The quantitative estimate of drug-likeness (QED) is 0.556. The fourth-order valence-electron chi connectivity index (χ4n) is 3.03. The molecule has 0 spiro atoms. The highest BCUT2D eigenvalue weighted by atomic mass is 32.2. The lowest BCUT2D eigenvalue weighted by Gasteiger charge is -2.15. The molecule has 1 fully saturated rings. The van der Waals surface area contributed by atoms with Crippen LogP contribution < -0.4 is 9.64 Å². The Bertz CT molecular complexity index is 995. The molecule has 2 aliphatic rings. The third-order valence-electron chi connectivity index (χ3n) is 4.68. The molecule has 0 bridgehead atoms. The molecular formula is C21H22N2O4S2. The van der Waals surface area contributed by atoms with Crippen molar-refractivity contribution in [2.24, 2.45) is 0 Å². The number of fused-ring (bicyclic) bond motifs is 1. The van der Waals surface area contributed by atoms with Gasteiger partial charge in [-0.15, -0.1) is 0 Å². The number of allylic oxidation sites excluding steroid dienone is 4. The first-order valence-corrected chi connectivity index (χ1v) is 10.4. The van der Waals surface area contributed by atoms with Crippen molar-refractivity contribution in [3.05, 3.63) is 57.8 Å². The highest BCUT2D eigenvalue weighted by molar-refractivity contribution is 8.26. The number of benzene rings is 1. The Morgan fingerprint density at radius 3 is 2.62 bits per heavy atom. The van der Waals surface area contributed by atoms with Gasteiger partial charge >= 0.3 is 5.97 Å². The van der Waals surface area contributed by atoms with E-state index in [-0.39, 0.29) is 10.2 Å². The average molecular weight is 431 g/mol. The van der Waals surface area contributed by atoms with E-state index < -0.39 is 12.5 Å². The van der Waals surface area contributed by atoms with Crippen LogP contribution in [0.2, 0.25) is 0 Å². The molecule has 6 nitrogen and oxygen atoms in total. The van der Waals surface area contributed by atoms with Crippen molar-refractivity contribution < 1.29 is 19.4 Å². The third kappa shape index (κ3) is 4.38. The van der Waals surface area contributed by atoms with Crippen LogP contribution in [0.1, 0.15) is 25.0 Å². The molecule has 1 aromatic carbocycles. The van der Waals surface area contributed by atoms with Gasteiger partial charge in [0.25, 0.3) is 5.91 Å². The highest BCUT2D eigenvalue weighted by Crippen LogP contribution is 2.40. The summed E-state index contributed by atoms with van der Waals surface area (Å²) in [5.74, 6) is 0.0801. The second-order valence-corrected chi connectivity index (χ2v) is 8.50. The number of hydrogen-bond donors (Lipinski definition) is 1. The maximum atomic E-state index is 12.4. The molecule has 0 radical (unpaired) electrons. The van der Waals surface area contributed by atoms with Crippen molar-refractivity contribution in [3.63, 3.8) is 0 Å². The second kappa shape index (κ2) is 8.42. The number of anilines is 1. The number of aliphatic carboxylic acids is 1. The molecule has 0 aliphatic carbocycles. The smallest absolute Gasteiger partial charge is 0.323 e. The summed E-state index contributed by atoms with van der Waals surface area (Å²) in [5.41, 5.74) is 4.26. The number of nitrogens with zero attached hydrogens (tertiary/aromatic N) is 2. The zero-order chi connectivity index (χ0) is 21.3. The number of thioether (sulfide) groups is 1. The minimum absolute atomic E-state index is 0.257. The fourth-order valence-corrected chi connectivity index (χ4v) is 4.34. The Morgan fingerprint density at radius 1 is 1.28 bits per heavy atom. The molecule has 8 heteroatoms. The van der Waals surface area contributed by atoms with Crippen LogP contribution in [0.25, 0.3) is 0 Å². The molecule has 152 valence electrons. The molecule has 1 N–H and O–H groups in total. The molecule has 2 heterocycles. The molecular weight excluding hydrogens is 408 g/mol. The predicted octanol–water partition coefficient (Wildman–Crippen LogP) is 4.14. The van der Waals surface area contributed by atoms with E-state index in [0.29, 0.717) is 4.91 Å². The van der Waals surface area contributed by atoms with Crippen LogP contribution in [0.3, 0.4) is 0 Å². The largest absolute Gasteiger partial charge is 0.480 e. The lowest BCUT2D eigenvalue weighted by atomic mass is 10.1. The molecule has 1 saturated heterocycles. The molecule has 3 rings (SSSR count). The number of carboxylic acids is 1. The predicted molar refractivity (Wildman–Crippen MR) is 119 cm³/mol. The van der Waals surface area contributed by atoms with Crippen molar-refractivity contribution in [2.45, 2.75) is 27.7 Å². The number of ether oxygens (including phenoxy) is 1. The van der Waals surface area contributed by atoms with Crippen LogP contribution in [0.4, 0.5) is 5.69 Å². The maximum absolute atomic E-state index is 12.4. The number of carbonyl (C=O) groups is 2. The van der Waals surface area contributed by atoms with Crippen molar-refractivity contribution in [1.82, 2.24) is 4.90 Å². The minimum Gasteiger partial charge on any atom is -0.480 e. The summed E-state index contributed by atoms with van der Waals surface area (Å²) in [6.45, 7) is 8.41. The Kier molecular flexibility index (Phi) is 6.14. The molecule has 1 aromatic rings. The molecule has 0 saturated carbocycles. The van der Waals surface area contributed by atoms with Crippen molar-refractivity contribution in [1.29, 1.82) is 0 Å². The van der Waals surface area contributed by atoms with Crippen LogP contribution in [0.15, 0.2) is 46.7 Å². The van der Waals surface area contributed by atoms with Gasteiger partial charge in [-0.05, 0) is 68.7 Å². The molecule has 1 amide bonds. The summed E-state index contributed by atoms with van der Waals surface area (Å²) in [4.78, 5) is 26.9. The number of rotatable bonds is 5. The molecule has 0 atom stereocenters. The van der Waals surface area contributed by atoms with Gasteiger partial charge in [0.2, 0.25) is 5.88 Å². The maximum Gasteiger partial charge on any atom is 0.323 e. The Hall–Kier alpha value is -2.58. The highest BCUT2D eigenvalue weighted by Gasteiger charge is 2.33. The summed E-state index contributed by atoms with van der Waals surface area (Å²) in [5, 5.41) is 8.92. The van der Waals surface area contributed by atoms with E-state index in [1.54, 1.807) is 6.08 Å². The van der Waals surface area contributed by atoms with Gasteiger partial charge in [-0.25, -0.2) is 0 Å². The standard InChI is InChI=1S/C21H22N2O4S2/c1-5-22-15-9-13(3)14(4)10-16(15)27-18(22)7-6-12(2)8-17-20(26)23(11-19(24)25)21(28)29-17/h6-10H,5,11H2,1-4H3,(H,24,25)/b12-6+,17-8+,18-7-. The topological polar surface area (TPSA) is 70.1 Å². The Balaban J connectivity index is 1.81. The van der Waals surface area contributed by atoms with Gasteiger partial charge < -0.3 is 14.7 Å². The minimum atomic E-state index is -1.09. The van der Waals surface area contributed by atoms with Crippen molar-refractivity contribution >= 4 is 45.9 Å². The number of hydrogen-bond acceptors (Lipinski definition) is 6. The van der Waals surface area contributed by atoms with Crippen LogP contribution >= 0.6 is 24.0 Å². The first-order chi connectivity index (χ1) is 13.7. The van der Waals surface area contributed by atoms with Crippen LogP contribution in [0.5, 0.6) is 5.75 Å². The third-order valence-corrected chi connectivity index (χ3v) is 6.06. The fraction of sp³-hybridized carbons (Fsp3) is 0.286. The van der Waals surface area contributed by atoms with Crippen molar-refractivity contribution in [3.8, 4) is 5.75 Å². The number of thiocarbonyl (C=S) groups is 1. The first-order valence-electron chi connectivity index (χ1n) is 9.13. The molecule has 2 aliphatic heterocycles. The summed E-state index contributed by atoms with van der Waals surface area (Å²) in [6.07, 6.45) is 5.45. The lowest BCUT2D eigenvalue weighted by molar-refractivity contribution is -0.140. The Labute approximate surface area is 179 Å². The van der Waals surface area contributed by atoms with Gasteiger partial charge in [0.05, 0.1) is 10.6 Å². The monoisotopic (exact) mass is 430 g/mol. The van der Waals surface area contributed by atoms with E-state index in [1.807, 2.05) is 25.1 Å². The zero-order valence-corrected chi connectivity index (χ0v) is 18.3. The van der Waals surface area contributed by atoms with E-state index in [0.717, 1.165) is 46.1 Å². The number of amides is 1. The number of carboxylic acid groups (broad SMARTS) is 1. The SMILES string of the molecule is CCN1/C(=C/C=C(C)/C=C2/SC(=S)N(CC(=O)O)C2=O)Oc2cc(C)c(C)cc21. The van der Waals surface area contributed by atoms with E-state index in [1.165, 1.54) is 11.1 Å².